The molecule has 2 amide bonds. The van der Waals surface area contributed by atoms with Crippen molar-refractivity contribution >= 4 is 17.4 Å². The van der Waals surface area contributed by atoms with Gasteiger partial charge >= 0.3 is 6.03 Å². The molecule has 0 spiro atoms. The van der Waals surface area contributed by atoms with Crippen LogP contribution in [0.2, 0.25) is 0 Å². The molecule has 1 heterocycles. The second-order valence-corrected chi connectivity index (χ2v) is 6.47. The van der Waals surface area contributed by atoms with E-state index in [-0.39, 0.29) is 6.03 Å². The van der Waals surface area contributed by atoms with Gasteiger partial charge in [-0.1, -0.05) is 12.8 Å². The Kier molecular flexibility index (Phi) is 4.76. The Morgan fingerprint density at radius 1 is 1.47 bits per heavy atom. The molecule has 19 heavy (non-hydrogen) atoms. The number of aryl methyl sites for hydroxylation is 1. The number of nitrogens with one attached hydrogen (secondary N) is 2. The predicted molar refractivity (Wildman–Crippen MR) is 75.4 cm³/mol. The van der Waals surface area contributed by atoms with Crippen molar-refractivity contribution in [1.29, 1.82) is 0 Å². The Morgan fingerprint density at radius 2 is 2.21 bits per heavy atom. The lowest BCUT2D eigenvalue weighted by Gasteiger charge is -2.22. The highest BCUT2D eigenvalue weighted by Crippen LogP contribution is 2.28. The lowest BCUT2D eigenvalue weighted by atomic mass is 10.0. The SMILES string of the molecule is Cc1cnc(CCNC(=O)NCC2(O)CCCC2)s1. The molecule has 0 bridgehead atoms. The van der Waals surface area contributed by atoms with Crippen molar-refractivity contribution in [3.05, 3.63) is 16.1 Å². The van der Waals surface area contributed by atoms with Crippen LogP contribution in [0.1, 0.15) is 35.6 Å². The maximum Gasteiger partial charge on any atom is 0.314 e. The summed E-state index contributed by atoms with van der Waals surface area (Å²) >= 11 is 1.65. The third-order valence-corrected chi connectivity index (χ3v) is 4.38. The van der Waals surface area contributed by atoms with E-state index in [0.717, 1.165) is 37.1 Å². The van der Waals surface area contributed by atoms with Gasteiger partial charge in [0.05, 0.1) is 10.6 Å². The van der Waals surface area contributed by atoms with Crippen molar-refractivity contribution in [2.24, 2.45) is 0 Å². The van der Waals surface area contributed by atoms with Crippen molar-refractivity contribution in [2.45, 2.75) is 44.6 Å². The summed E-state index contributed by atoms with van der Waals surface area (Å²) in [6, 6.07) is -0.214. The van der Waals surface area contributed by atoms with Gasteiger partial charge in [-0.15, -0.1) is 11.3 Å². The molecule has 0 aromatic carbocycles. The Bertz CT molecular complexity index is 427. The van der Waals surface area contributed by atoms with Gasteiger partial charge in [-0.3, -0.25) is 0 Å². The van der Waals surface area contributed by atoms with Gasteiger partial charge in [-0.05, 0) is 19.8 Å². The summed E-state index contributed by atoms with van der Waals surface area (Å²) in [6.07, 6.45) is 6.25. The van der Waals surface area contributed by atoms with E-state index in [4.69, 9.17) is 0 Å². The third kappa shape index (κ3) is 4.47. The lowest BCUT2D eigenvalue weighted by Crippen LogP contribution is -2.45. The zero-order valence-corrected chi connectivity index (χ0v) is 12.1. The van der Waals surface area contributed by atoms with Crippen molar-refractivity contribution in [1.82, 2.24) is 15.6 Å². The zero-order chi connectivity index (χ0) is 13.7. The third-order valence-electron chi connectivity index (χ3n) is 3.41. The molecule has 3 N–H and O–H groups in total. The van der Waals surface area contributed by atoms with Crippen LogP contribution in [0.25, 0.3) is 0 Å². The molecule has 0 radical (unpaired) electrons. The molecule has 1 aliphatic rings. The Hall–Kier alpha value is -1.14. The number of aromatic nitrogens is 1. The maximum atomic E-state index is 11.6. The fraction of sp³-hybridized carbons (Fsp3) is 0.692. The van der Waals surface area contributed by atoms with E-state index in [0.29, 0.717) is 13.1 Å². The van der Waals surface area contributed by atoms with Gasteiger partial charge in [-0.2, -0.15) is 0 Å². The van der Waals surface area contributed by atoms with Gasteiger partial charge in [0.1, 0.15) is 0 Å². The summed E-state index contributed by atoms with van der Waals surface area (Å²) in [5, 5.41) is 16.7. The molecular weight excluding hydrogens is 262 g/mol. The molecule has 0 unspecified atom stereocenters. The number of carbonyl (C=O) groups excluding carboxylic acids is 1. The molecule has 1 aliphatic carbocycles. The molecular formula is C13H21N3O2S. The minimum Gasteiger partial charge on any atom is -0.388 e. The van der Waals surface area contributed by atoms with Crippen LogP contribution < -0.4 is 10.6 Å². The molecule has 106 valence electrons. The number of carbonyl (C=O) groups is 1. The number of urea groups is 1. The number of rotatable bonds is 5. The molecule has 2 rings (SSSR count). The van der Waals surface area contributed by atoms with Crippen LogP contribution in [0, 0.1) is 6.92 Å². The first-order chi connectivity index (χ1) is 9.07. The second-order valence-electron chi connectivity index (χ2n) is 5.16. The summed E-state index contributed by atoms with van der Waals surface area (Å²) in [5.41, 5.74) is -0.691. The number of hydrogen-bond donors (Lipinski definition) is 3. The van der Waals surface area contributed by atoms with Gasteiger partial charge in [0.2, 0.25) is 0 Å². The van der Waals surface area contributed by atoms with E-state index < -0.39 is 5.60 Å². The minimum atomic E-state index is -0.691. The summed E-state index contributed by atoms with van der Waals surface area (Å²) in [6.45, 7) is 2.93. The van der Waals surface area contributed by atoms with Crippen molar-refractivity contribution in [3.8, 4) is 0 Å². The van der Waals surface area contributed by atoms with E-state index >= 15 is 0 Å². The predicted octanol–water partition coefficient (Wildman–Crippen LogP) is 1.60. The molecule has 5 nitrogen and oxygen atoms in total. The van der Waals surface area contributed by atoms with Gasteiger partial charge in [0, 0.05) is 30.6 Å². The van der Waals surface area contributed by atoms with Gasteiger partial charge in [0.25, 0.3) is 0 Å². The van der Waals surface area contributed by atoms with Crippen LogP contribution >= 0.6 is 11.3 Å². The average molecular weight is 283 g/mol. The number of hydrogen-bond acceptors (Lipinski definition) is 4. The van der Waals surface area contributed by atoms with E-state index in [1.807, 2.05) is 13.1 Å². The lowest BCUT2D eigenvalue weighted by molar-refractivity contribution is 0.0501. The first kappa shape index (κ1) is 14.3. The van der Waals surface area contributed by atoms with Crippen LogP contribution in [0.3, 0.4) is 0 Å². The van der Waals surface area contributed by atoms with Gasteiger partial charge < -0.3 is 15.7 Å². The maximum absolute atomic E-state index is 11.6. The standard InChI is InChI=1S/C13H21N3O2S/c1-10-8-15-11(19-10)4-7-14-12(17)16-9-13(18)5-2-3-6-13/h8,18H,2-7,9H2,1H3,(H2,14,16,17). The van der Waals surface area contributed by atoms with Crippen molar-refractivity contribution in [2.75, 3.05) is 13.1 Å². The Balaban J connectivity index is 1.62. The summed E-state index contributed by atoms with van der Waals surface area (Å²) in [7, 11) is 0. The van der Waals surface area contributed by atoms with Crippen LogP contribution in [0.15, 0.2) is 6.20 Å². The normalized spacial score (nSPS) is 17.4. The van der Waals surface area contributed by atoms with E-state index in [1.165, 1.54) is 4.88 Å². The zero-order valence-electron chi connectivity index (χ0n) is 11.2. The summed E-state index contributed by atoms with van der Waals surface area (Å²) in [4.78, 5) is 17.0. The molecule has 0 saturated heterocycles. The highest BCUT2D eigenvalue weighted by molar-refractivity contribution is 7.11. The number of thiazole rings is 1. The average Bonchev–Trinajstić information content (AvgIpc) is 2.97. The van der Waals surface area contributed by atoms with Crippen LogP contribution in [0.5, 0.6) is 0 Å². The first-order valence-corrected chi connectivity index (χ1v) is 7.54. The molecule has 1 aromatic rings. The van der Waals surface area contributed by atoms with E-state index in [1.54, 1.807) is 11.3 Å². The number of nitrogens with zero attached hydrogens (tertiary/aromatic N) is 1. The summed E-state index contributed by atoms with van der Waals surface area (Å²) in [5.74, 6) is 0. The first-order valence-electron chi connectivity index (χ1n) is 6.73. The number of aliphatic hydroxyl groups is 1. The molecule has 1 fully saturated rings. The molecule has 1 aromatic heterocycles. The highest BCUT2D eigenvalue weighted by atomic mass is 32.1. The molecule has 0 atom stereocenters. The van der Waals surface area contributed by atoms with Crippen LogP contribution in [0.4, 0.5) is 4.79 Å². The Morgan fingerprint density at radius 3 is 2.84 bits per heavy atom. The number of amides is 2. The summed E-state index contributed by atoms with van der Waals surface area (Å²) < 4.78 is 0. The molecule has 1 saturated carbocycles. The fourth-order valence-electron chi connectivity index (χ4n) is 2.32. The van der Waals surface area contributed by atoms with Gasteiger partial charge in [0.15, 0.2) is 0 Å². The highest BCUT2D eigenvalue weighted by Gasteiger charge is 2.31. The van der Waals surface area contributed by atoms with Gasteiger partial charge in [-0.25, -0.2) is 9.78 Å². The topological polar surface area (TPSA) is 74.2 Å². The van der Waals surface area contributed by atoms with Crippen LogP contribution in [-0.2, 0) is 6.42 Å². The quantitative estimate of drug-likeness (QED) is 0.768. The fourth-order valence-corrected chi connectivity index (χ4v) is 3.10. The van der Waals surface area contributed by atoms with Crippen LogP contribution in [-0.4, -0.2) is 34.8 Å². The van der Waals surface area contributed by atoms with E-state index in [9.17, 15) is 9.90 Å². The molecule has 0 aliphatic heterocycles. The second kappa shape index (κ2) is 6.34. The van der Waals surface area contributed by atoms with Crippen molar-refractivity contribution in [3.63, 3.8) is 0 Å². The molecule has 6 heteroatoms. The minimum absolute atomic E-state index is 0.214. The van der Waals surface area contributed by atoms with E-state index in [2.05, 4.69) is 15.6 Å². The van der Waals surface area contributed by atoms with Crippen molar-refractivity contribution < 1.29 is 9.90 Å². The smallest absolute Gasteiger partial charge is 0.314 e. The monoisotopic (exact) mass is 283 g/mol. The Labute approximate surface area is 117 Å². The largest absolute Gasteiger partial charge is 0.388 e.